The molecule has 1 aromatic rings. The Bertz CT molecular complexity index is 690. The first kappa shape index (κ1) is 13.8. The number of carbonyl (C=O) groups is 1. The van der Waals surface area contributed by atoms with Crippen LogP contribution in [0, 0.1) is 0 Å². The molecule has 1 aliphatic heterocycles. The fourth-order valence-corrected chi connectivity index (χ4v) is 2.04. The second-order valence-corrected chi connectivity index (χ2v) is 4.17. The molecular weight excluding hydrogens is 262 g/mol. The Balaban J connectivity index is 2.61. The van der Waals surface area contributed by atoms with E-state index in [0.717, 1.165) is 17.2 Å². The van der Waals surface area contributed by atoms with Gasteiger partial charge in [0.05, 0.1) is 19.1 Å². The third kappa shape index (κ3) is 2.54. The molecule has 0 aliphatic carbocycles. The van der Waals surface area contributed by atoms with Crippen LogP contribution in [0.3, 0.4) is 0 Å². The van der Waals surface area contributed by atoms with Gasteiger partial charge in [0.2, 0.25) is 0 Å². The molecule has 0 unspecified atom stereocenters. The Morgan fingerprint density at radius 1 is 1.45 bits per heavy atom. The number of aliphatic hydroxyl groups is 1. The molecular formula is C14H15NO5. The van der Waals surface area contributed by atoms with Crippen LogP contribution in [0.1, 0.15) is 12.5 Å². The Labute approximate surface area is 115 Å². The molecule has 6 heteroatoms. The molecule has 0 radical (unpaired) electrons. The molecule has 1 aromatic carbocycles. The van der Waals surface area contributed by atoms with E-state index in [1.165, 1.54) is 6.20 Å². The lowest BCUT2D eigenvalue weighted by atomic mass is 10.0. The molecule has 0 spiro atoms. The highest BCUT2D eigenvalue weighted by atomic mass is 16.7. The number of hydrogen-bond acceptors (Lipinski definition) is 5. The zero-order valence-electron chi connectivity index (χ0n) is 11.1. The van der Waals surface area contributed by atoms with Gasteiger partial charge in [-0.3, -0.25) is 0 Å². The number of anilines is 1. The molecule has 20 heavy (non-hydrogen) atoms. The van der Waals surface area contributed by atoms with Crippen LogP contribution < -0.4 is 15.8 Å². The predicted octanol–water partition coefficient (Wildman–Crippen LogP) is 1.26. The second kappa shape index (κ2) is 5.56. The van der Waals surface area contributed by atoms with Crippen molar-refractivity contribution in [3.8, 4) is 0 Å². The van der Waals surface area contributed by atoms with Gasteiger partial charge in [0, 0.05) is 16.6 Å². The average molecular weight is 277 g/mol. The largest absolute Gasteiger partial charge is 0.511 e. The second-order valence-electron chi connectivity index (χ2n) is 4.17. The molecule has 106 valence electrons. The van der Waals surface area contributed by atoms with Gasteiger partial charge in [0.15, 0.2) is 11.5 Å². The fraction of sp³-hybridized carbons (Fsp3) is 0.214. The summed E-state index contributed by atoms with van der Waals surface area (Å²) in [4.78, 5) is 10.6. The molecule has 0 aromatic heterocycles. The molecule has 0 atom stereocenters. The van der Waals surface area contributed by atoms with Crippen molar-refractivity contribution in [1.82, 2.24) is 0 Å². The molecule has 0 fully saturated rings. The van der Waals surface area contributed by atoms with Gasteiger partial charge >= 0.3 is 6.16 Å². The molecule has 2 rings (SSSR count). The first-order valence-corrected chi connectivity index (χ1v) is 6.03. The normalized spacial score (nSPS) is 14.2. The Kier molecular flexibility index (Phi) is 3.84. The number of ether oxygens (including phenoxy) is 2. The summed E-state index contributed by atoms with van der Waals surface area (Å²) < 4.78 is 9.53. The van der Waals surface area contributed by atoms with Gasteiger partial charge in [-0.15, -0.1) is 0 Å². The molecule has 0 bridgehead atoms. The summed E-state index contributed by atoms with van der Waals surface area (Å²) in [5.41, 5.74) is 1.62. The zero-order chi connectivity index (χ0) is 14.7. The van der Waals surface area contributed by atoms with E-state index in [0.29, 0.717) is 10.9 Å². The van der Waals surface area contributed by atoms with Crippen LogP contribution in [0.15, 0.2) is 24.1 Å². The minimum absolute atomic E-state index is 0.129. The maximum Gasteiger partial charge on any atom is 0.511 e. The van der Waals surface area contributed by atoms with E-state index in [9.17, 15) is 9.90 Å². The van der Waals surface area contributed by atoms with Gasteiger partial charge in [0.25, 0.3) is 0 Å². The van der Waals surface area contributed by atoms with E-state index < -0.39 is 6.16 Å². The summed E-state index contributed by atoms with van der Waals surface area (Å²) in [7, 11) is 1.56. The number of rotatable bonds is 3. The zero-order valence-corrected chi connectivity index (χ0v) is 11.1. The molecule has 3 N–H and O–H groups in total. The average Bonchev–Trinajstić information content (AvgIpc) is 2.41. The minimum atomic E-state index is -1.48. The summed E-state index contributed by atoms with van der Waals surface area (Å²) in [6.45, 7) is 1.98. The van der Waals surface area contributed by atoms with Crippen LogP contribution in [0.5, 0.6) is 0 Å². The quantitative estimate of drug-likeness (QED) is 0.721. The summed E-state index contributed by atoms with van der Waals surface area (Å²) in [5.74, 6) is -0.338. The molecule has 1 heterocycles. The van der Waals surface area contributed by atoms with Gasteiger partial charge in [-0.2, -0.15) is 0 Å². The van der Waals surface area contributed by atoms with Crippen molar-refractivity contribution in [2.24, 2.45) is 0 Å². The van der Waals surface area contributed by atoms with Crippen molar-refractivity contribution in [1.29, 1.82) is 0 Å². The van der Waals surface area contributed by atoms with Crippen LogP contribution in [0.4, 0.5) is 10.5 Å². The lowest BCUT2D eigenvalue weighted by Gasteiger charge is -2.15. The van der Waals surface area contributed by atoms with Crippen LogP contribution in [0.25, 0.3) is 12.0 Å². The highest BCUT2D eigenvalue weighted by Gasteiger charge is 2.17. The van der Waals surface area contributed by atoms with Gasteiger partial charge in [-0.25, -0.2) is 4.79 Å². The maximum absolute atomic E-state index is 10.6. The van der Waals surface area contributed by atoms with Crippen LogP contribution in [-0.2, 0) is 15.9 Å². The number of fused-ring (bicyclic) bond motifs is 1. The van der Waals surface area contributed by atoms with Crippen molar-refractivity contribution in [3.63, 3.8) is 0 Å². The summed E-state index contributed by atoms with van der Waals surface area (Å²) >= 11 is 0. The molecule has 1 aliphatic rings. The highest BCUT2D eigenvalue weighted by Crippen LogP contribution is 2.16. The number of methoxy groups -OCH3 is 1. The van der Waals surface area contributed by atoms with Crippen molar-refractivity contribution in [2.75, 3.05) is 12.4 Å². The molecule has 6 nitrogen and oxygen atoms in total. The fourth-order valence-electron chi connectivity index (χ4n) is 2.04. The van der Waals surface area contributed by atoms with Gasteiger partial charge < -0.3 is 25.0 Å². The summed E-state index contributed by atoms with van der Waals surface area (Å²) in [6.07, 6.45) is 2.18. The summed E-state index contributed by atoms with van der Waals surface area (Å²) in [5, 5.41) is 23.0. The maximum atomic E-state index is 10.6. The molecule has 0 amide bonds. The first-order chi connectivity index (χ1) is 9.56. The SMILES string of the molecule is CCc1cc2c(cc1=COC)NC=C(OC(=O)O)C=2O. The molecule has 0 saturated carbocycles. The summed E-state index contributed by atoms with van der Waals surface area (Å²) in [6, 6.07) is 3.60. The van der Waals surface area contributed by atoms with Crippen molar-refractivity contribution >= 4 is 23.9 Å². The smallest absolute Gasteiger partial charge is 0.504 e. The topological polar surface area (TPSA) is 88.0 Å². The standard InChI is InChI=1S/C14H15NO5/c1-3-8-4-10-11(5-9(8)7-19-2)15-6-12(13(10)16)20-14(17)18/h4-7,15-16H,3H2,1-2H3,(H,17,18). The number of aryl methyl sites for hydroxylation is 1. The number of carboxylic acid groups (broad SMARTS) is 1. The van der Waals surface area contributed by atoms with Crippen LogP contribution in [0.2, 0.25) is 0 Å². The lowest BCUT2D eigenvalue weighted by Crippen LogP contribution is -2.25. The third-order valence-corrected chi connectivity index (χ3v) is 2.95. The number of hydrogen-bond donors (Lipinski definition) is 3. The van der Waals surface area contributed by atoms with E-state index in [2.05, 4.69) is 10.1 Å². The van der Waals surface area contributed by atoms with Crippen molar-refractivity contribution in [3.05, 3.63) is 40.1 Å². The Morgan fingerprint density at radius 3 is 2.80 bits per heavy atom. The number of benzene rings is 1. The minimum Gasteiger partial charge on any atom is -0.504 e. The van der Waals surface area contributed by atoms with E-state index in [-0.39, 0.29) is 11.5 Å². The van der Waals surface area contributed by atoms with E-state index in [1.807, 2.05) is 13.0 Å². The van der Waals surface area contributed by atoms with Crippen molar-refractivity contribution in [2.45, 2.75) is 13.3 Å². The van der Waals surface area contributed by atoms with Crippen LogP contribution in [-0.4, -0.2) is 23.5 Å². The number of aliphatic hydroxyl groups excluding tert-OH is 1. The lowest BCUT2D eigenvalue weighted by molar-refractivity contribution is 0.119. The monoisotopic (exact) mass is 277 g/mol. The predicted molar refractivity (Wildman–Crippen MR) is 73.4 cm³/mol. The number of nitrogens with one attached hydrogen (secondary N) is 1. The first-order valence-electron chi connectivity index (χ1n) is 6.03. The van der Waals surface area contributed by atoms with Gasteiger partial charge in [0.1, 0.15) is 0 Å². The third-order valence-electron chi connectivity index (χ3n) is 2.95. The van der Waals surface area contributed by atoms with Crippen LogP contribution >= 0.6 is 0 Å². The van der Waals surface area contributed by atoms with Gasteiger partial charge in [-0.05, 0) is 24.1 Å². The molecule has 0 saturated heterocycles. The van der Waals surface area contributed by atoms with Gasteiger partial charge in [-0.1, -0.05) is 6.92 Å². The highest BCUT2D eigenvalue weighted by molar-refractivity contribution is 5.71. The Morgan fingerprint density at radius 2 is 2.20 bits per heavy atom. The Hall–Kier alpha value is -2.63. The van der Waals surface area contributed by atoms with E-state index >= 15 is 0 Å². The van der Waals surface area contributed by atoms with Crippen molar-refractivity contribution < 1.29 is 24.5 Å². The van der Waals surface area contributed by atoms with E-state index in [4.69, 9.17) is 9.84 Å². The van der Waals surface area contributed by atoms with E-state index in [1.54, 1.807) is 19.4 Å².